The van der Waals surface area contributed by atoms with Gasteiger partial charge in [0.05, 0.1) is 11.9 Å². The van der Waals surface area contributed by atoms with E-state index in [1.165, 1.54) is 19.3 Å². The number of benzene rings is 2. The number of rotatable bonds is 8. The predicted molar refractivity (Wildman–Crippen MR) is 137 cm³/mol. The first-order valence-electron chi connectivity index (χ1n) is 12.0. The minimum atomic E-state index is -0.150. The number of allylic oxidation sites excluding steroid dienone is 3. The lowest BCUT2D eigenvalue weighted by atomic mass is 9.84. The first-order valence-corrected chi connectivity index (χ1v) is 12.0. The quantitative estimate of drug-likeness (QED) is 0.367. The van der Waals surface area contributed by atoms with Crippen LogP contribution in [0, 0.1) is 5.92 Å². The van der Waals surface area contributed by atoms with Gasteiger partial charge in [0.1, 0.15) is 11.6 Å². The molecule has 0 saturated heterocycles. The van der Waals surface area contributed by atoms with Crippen LogP contribution in [0.2, 0.25) is 0 Å². The number of ketones is 1. The summed E-state index contributed by atoms with van der Waals surface area (Å²) in [5.74, 6) is 1.17. The van der Waals surface area contributed by atoms with Crippen LogP contribution in [-0.2, 0) is 4.79 Å². The third kappa shape index (κ3) is 6.19. The van der Waals surface area contributed by atoms with Crippen molar-refractivity contribution in [3.8, 4) is 11.4 Å². The Kier molecular flexibility index (Phi) is 7.87. The molecular weight excluding hydrogens is 422 g/mol. The number of imidazole rings is 1. The van der Waals surface area contributed by atoms with E-state index >= 15 is 0 Å². The highest BCUT2D eigenvalue weighted by Gasteiger charge is 2.21. The Balaban J connectivity index is 1.36. The molecule has 0 spiro atoms. The normalized spacial score (nSPS) is 14.9. The van der Waals surface area contributed by atoms with Gasteiger partial charge in [-0.1, -0.05) is 61.7 Å². The molecular formula is C29H31N3O2. The largest absolute Gasteiger partial charge is 0.338 e. The number of amides is 1. The molecule has 2 aromatic carbocycles. The summed E-state index contributed by atoms with van der Waals surface area (Å²) in [6, 6.07) is 16.7. The average molecular weight is 454 g/mol. The highest BCUT2D eigenvalue weighted by molar-refractivity contribution is 6.04. The minimum Gasteiger partial charge on any atom is -0.338 e. The van der Waals surface area contributed by atoms with E-state index in [2.05, 4.69) is 15.3 Å². The number of carbonyl (C=O) groups is 2. The number of hydrogen-bond acceptors (Lipinski definition) is 3. The zero-order chi connectivity index (χ0) is 23.8. The first kappa shape index (κ1) is 23.4. The molecule has 1 aliphatic rings. The second-order valence-corrected chi connectivity index (χ2v) is 8.76. The molecule has 1 saturated carbocycles. The Morgan fingerprint density at radius 3 is 2.47 bits per heavy atom. The molecule has 0 radical (unpaired) electrons. The van der Waals surface area contributed by atoms with Gasteiger partial charge in [0.2, 0.25) is 0 Å². The van der Waals surface area contributed by atoms with Gasteiger partial charge < -0.3 is 10.3 Å². The Hall–Kier alpha value is -3.73. The minimum absolute atomic E-state index is 0.150. The summed E-state index contributed by atoms with van der Waals surface area (Å²) in [6.07, 6.45) is 13.9. The van der Waals surface area contributed by atoms with E-state index in [4.69, 9.17) is 0 Å². The average Bonchev–Trinajstić information content (AvgIpc) is 3.36. The molecule has 1 heterocycles. The van der Waals surface area contributed by atoms with Crippen molar-refractivity contribution in [1.29, 1.82) is 0 Å². The third-order valence-electron chi connectivity index (χ3n) is 6.33. The maximum absolute atomic E-state index is 12.6. The van der Waals surface area contributed by atoms with Gasteiger partial charge in [-0.05, 0) is 55.7 Å². The third-order valence-corrected chi connectivity index (χ3v) is 6.33. The molecule has 0 unspecified atom stereocenters. The summed E-state index contributed by atoms with van der Waals surface area (Å²) in [4.78, 5) is 32.8. The van der Waals surface area contributed by atoms with Gasteiger partial charge in [0.25, 0.3) is 5.91 Å². The van der Waals surface area contributed by atoms with Crippen LogP contribution in [-0.4, -0.2) is 21.7 Å². The predicted octanol–water partition coefficient (Wildman–Crippen LogP) is 6.83. The van der Waals surface area contributed by atoms with Crippen LogP contribution >= 0.6 is 0 Å². The topological polar surface area (TPSA) is 74.8 Å². The van der Waals surface area contributed by atoms with E-state index in [-0.39, 0.29) is 11.8 Å². The molecule has 34 heavy (non-hydrogen) atoms. The van der Waals surface area contributed by atoms with Crippen molar-refractivity contribution >= 4 is 23.5 Å². The molecule has 1 aliphatic carbocycles. The fourth-order valence-electron chi connectivity index (χ4n) is 4.30. The SMILES string of the molecule is C/C=C(\C=C/c1cnc(-c2ccc(C(=O)Nc3ccccc3)cc2)[nH]1)CC(=O)C1CCCCC1. The highest BCUT2D eigenvalue weighted by atomic mass is 16.1. The summed E-state index contributed by atoms with van der Waals surface area (Å²) < 4.78 is 0. The zero-order valence-electron chi connectivity index (χ0n) is 19.6. The highest BCUT2D eigenvalue weighted by Crippen LogP contribution is 2.27. The number of carbonyl (C=O) groups excluding carboxylic acids is 2. The van der Waals surface area contributed by atoms with Crippen molar-refractivity contribution in [3.05, 3.63) is 89.8 Å². The van der Waals surface area contributed by atoms with Crippen LogP contribution < -0.4 is 5.32 Å². The molecule has 1 aromatic heterocycles. The molecule has 0 bridgehead atoms. The van der Waals surface area contributed by atoms with Gasteiger partial charge >= 0.3 is 0 Å². The van der Waals surface area contributed by atoms with Gasteiger partial charge in [-0.15, -0.1) is 0 Å². The van der Waals surface area contributed by atoms with Crippen molar-refractivity contribution in [2.45, 2.75) is 45.4 Å². The number of anilines is 1. The maximum Gasteiger partial charge on any atom is 0.255 e. The fourth-order valence-corrected chi connectivity index (χ4v) is 4.30. The van der Waals surface area contributed by atoms with Crippen molar-refractivity contribution in [1.82, 2.24) is 9.97 Å². The van der Waals surface area contributed by atoms with Gasteiger partial charge in [0.15, 0.2) is 0 Å². The van der Waals surface area contributed by atoms with E-state index in [1.807, 2.05) is 67.6 Å². The second kappa shape index (κ2) is 11.4. The lowest BCUT2D eigenvalue weighted by molar-refractivity contribution is -0.123. The molecule has 1 fully saturated rings. The van der Waals surface area contributed by atoms with E-state index < -0.39 is 0 Å². The van der Waals surface area contributed by atoms with Crippen LogP contribution in [0.5, 0.6) is 0 Å². The summed E-state index contributed by atoms with van der Waals surface area (Å²) >= 11 is 0. The monoisotopic (exact) mass is 453 g/mol. The molecule has 2 N–H and O–H groups in total. The molecule has 1 amide bonds. The molecule has 174 valence electrons. The lowest BCUT2D eigenvalue weighted by Gasteiger charge is -2.20. The zero-order valence-corrected chi connectivity index (χ0v) is 19.6. The number of Topliss-reactive ketones (excluding diaryl/α,β-unsaturated/α-hetero) is 1. The Morgan fingerprint density at radius 2 is 1.76 bits per heavy atom. The van der Waals surface area contributed by atoms with Crippen molar-refractivity contribution in [3.63, 3.8) is 0 Å². The van der Waals surface area contributed by atoms with Gasteiger partial charge in [-0.2, -0.15) is 0 Å². The molecule has 3 aromatic rings. The summed E-state index contributed by atoms with van der Waals surface area (Å²) in [5, 5.41) is 2.89. The number of aromatic nitrogens is 2. The molecule has 0 aliphatic heterocycles. The Bertz CT molecular complexity index is 1170. The Labute approximate surface area is 201 Å². The Morgan fingerprint density at radius 1 is 1.03 bits per heavy atom. The van der Waals surface area contributed by atoms with E-state index in [9.17, 15) is 9.59 Å². The molecule has 4 rings (SSSR count). The number of H-pyrrole nitrogens is 1. The number of hydrogen-bond donors (Lipinski definition) is 2. The number of aromatic amines is 1. The van der Waals surface area contributed by atoms with E-state index in [0.717, 1.165) is 41.2 Å². The van der Waals surface area contributed by atoms with Gasteiger partial charge in [-0.25, -0.2) is 4.98 Å². The molecule has 5 heteroatoms. The maximum atomic E-state index is 12.6. The van der Waals surface area contributed by atoms with E-state index in [1.54, 1.807) is 18.3 Å². The molecule has 0 atom stereocenters. The van der Waals surface area contributed by atoms with Crippen molar-refractivity contribution in [2.24, 2.45) is 5.92 Å². The first-order chi connectivity index (χ1) is 16.6. The molecule has 5 nitrogen and oxygen atoms in total. The number of nitrogens with zero attached hydrogens (tertiary/aromatic N) is 1. The van der Waals surface area contributed by atoms with Crippen LogP contribution in [0.4, 0.5) is 5.69 Å². The number of para-hydroxylation sites is 1. The van der Waals surface area contributed by atoms with Crippen LogP contribution in [0.1, 0.15) is 61.5 Å². The van der Waals surface area contributed by atoms with Gasteiger partial charge in [0, 0.05) is 29.2 Å². The van der Waals surface area contributed by atoms with Crippen LogP contribution in [0.25, 0.3) is 17.5 Å². The second-order valence-electron chi connectivity index (χ2n) is 8.76. The van der Waals surface area contributed by atoms with E-state index in [0.29, 0.717) is 17.8 Å². The van der Waals surface area contributed by atoms with Crippen molar-refractivity contribution in [2.75, 3.05) is 5.32 Å². The van der Waals surface area contributed by atoms with Crippen molar-refractivity contribution < 1.29 is 9.59 Å². The summed E-state index contributed by atoms with van der Waals surface area (Å²) in [7, 11) is 0. The van der Waals surface area contributed by atoms with Gasteiger partial charge in [-0.3, -0.25) is 9.59 Å². The number of nitrogens with one attached hydrogen (secondary N) is 2. The summed E-state index contributed by atoms with van der Waals surface area (Å²) in [6.45, 7) is 1.97. The fraction of sp³-hybridized carbons (Fsp3) is 0.276. The standard InChI is InChI=1S/C29H31N3O2/c1-2-21(19-27(33)22-9-5-3-6-10-22)13-18-26-20-30-28(31-26)23-14-16-24(17-15-23)29(34)32-25-11-7-4-8-12-25/h2,4,7-8,11-18,20,22H,3,5-6,9-10,19H2,1H3,(H,30,31)(H,32,34)/b18-13-,21-2+. The smallest absolute Gasteiger partial charge is 0.255 e. The van der Waals surface area contributed by atoms with Crippen LogP contribution in [0.3, 0.4) is 0 Å². The lowest BCUT2D eigenvalue weighted by Crippen LogP contribution is -2.17. The summed E-state index contributed by atoms with van der Waals surface area (Å²) in [5.41, 5.74) is 4.14. The van der Waals surface area contributed by atoms with Crippen LogP contribution in [0.15, 0.2) is 78.5 Å².